The van der Waals surface area contributed by atoms with Crippen LogP contribution in [0.2, 0.25) is 5.02 Å². The van der Waals surface area contributed by atoms with Crippen molar-refractivity contribution in [3.63, 3.8) is 0 Å². The van der Waals surface area contributed by atoms with E-state index in [-0.39, 0.29) is 28.3 Å². The van der Waals surface area contributed by atoms with Gasteiger partial charge in [0.25, 0.3) is 0 Å². The lowest BCUT2D eigenvalue weighted by molar-refractivity contribution is -0.128. The van der Waals surface area contributed by atoms with Crippen molar-refractivity contribution in [1.82, 2.24) is 0 Å². The highest BCUT2D eigenvalue weighted by molar-refractivity contribution is 6.31. The van der Waals surface area contributed by atoms with Crippen molar-refractivity contribution in [2.24, 2.45) is 17.3 Å². The first-order valence-electron chi connectivity index (χ1n) is 10.4. The van der Waals surface area contributed by atoms with Gasteiger partial charge in [-0.3, -0.25) is 9.59 Å². The molecule has 7 heteroatoms. The third-order valence-corrected chi connectivity index (χ3v) is 6.87. The molecule has 2 aliphatic rings. The lowest BCUT2D eigenvalue weighted by atomic mass is 9.62. The Balaban J connectivity index is 1.75. The summed E-state index contributed by atoms with van der Waals surface area (Å²) in [4.78, 5) is 28.2. The van der Waals surface area contributed by atoms with Gasteiger partial charge < -0.3 is 9.84 Å². The highest BCUT2D eigenvalue weighted by Gasteiger charge is 2.61. The molecule has 0 radical (unpaired) electrons. The average Bonchev–Trinajstić information content (AvgIpc) is 3.00. The van der Waals surface area contributed by atoms with E-state index in [1.807, 2.05) is 18.2 Å². The number of hydrogen-bond acceptors (Lipinski definition) is 4. The van der Waals surface area contributed by atoms with Gasteiger partial charge >= 0.3 is 0 Å². The van der Waals surface area contributed by atoms with Gasteiger partial charge in [0, 0.05) is 5.92 Å². The van der Waals surface area contributed by atoms with E-state index in [9.17, 15) is 19.1 Å². The van der Waals surface area contributed by atoms with E-state index in [0.29, 0.717) is 12.2 Å². The quantitative estimate of drug-likeness (QED) is 0.587. The molecule has 1 N–H and O–H groups in total. The highest BCUT2D eigenvalue weighted by Crippen LogP contribution is 2.53. The number of amides is 2. The van der Waals surface area contributed by atoms with Gasteiger partial charge in [0.1, 0.15) is 5.82 Å². The van der Waals surface area contributed by atoms with Crippen LogP contribution in [0, 0.1) is 23.1 Å². The number of ether oxygens (including phenoxy) is 1. The average molecular weight is 468 g/mol. The number of methoxy groups -OCH3 is 1. The number of nitrogens with zero attached hydrogens (tertiary/aromatic N) is 1. The molecule has 170 valence electrons. The van der Waals surface area contributed by atoms with Crippen molar-refractivity contribution < 1.29 is 23.8 Å². The minimum Gasteiger partial charge on any atom is -0.504 e. The van der Waals surface area contributed by atoms with Crippen LogP contribution in [-0.2, 0) is 9.59 Å². The lowest BCUT2D eigenvalue weighted by Gasteiger charge is -2.38. The van der Waals surface area contributed by atoms with Gasteiger partial charge in [0.15, 0.2) is 11.5 Å². The molecule has 33 heavy (non-hydrogen) atoms. The molecule has 5 nitrogen and oxygen atoms in total. The Bertz CT molecular complexity index is 1220. The van der Waals surface area contributed by atoms with E-state index >= 15 is 0 Å². The van der Waals surface area contributed by atoms with Crippen LogP contribution >= 0.6 is 11.6 Å². The van der Waals surface area contributed by atoms with Crippen LogP contribution in [0.1, 0.15) is 18.9 Å². The maximum absolute atomic E-state index is 13.7. The summed E-state index contributed by atoms with van der Waals surface area (Å²) in [5, 5.41) is 9.69. The number of imide groups is 1. The van der Waals surface area contributed by atoms with E-state index in [0.717, 1.165) is 22.1 Å². The van der Waals surface area contributed by atoms with Crippen LogP contribution in [0.15, 0.2) is 66.8 Å². The van der Waals surface area contributed by atoms with Crippen LogP contribution in [0.5, 0.6) is 11.5 Å². The zero-order valence-electron chi connectivity index (χ0n) is 18.2. The molecule has 2 amide bonds. The first-order chi connectivity index (χ1) is 15.7. The number of carbonyl (C=O) groups is 2. The normalized spacial score (nSPS) is 24.7. The summed E-state index contributed by atoms with van der Waals surface area (Å²) in [6, 6.07) is 8.75. The first-order valence-corrected chi connectivity index (χ1v) is 10.8. The molecule has 2 aromatic rings. The number of anilines is 1. The summed E-state index contributed by atoms with van der Waals surface area (Å²) in [7, 11) is 1.47. The Kier molecular flexibility index (Phi) is 5.89. The topological polar surface area (TPSA) is 66.8 Å². The fourth-order valence-electron chi connectivity index (χ4n) is 4.72. The third-order valence-electron chi connectivity index (χ3n) is 6.58. The molecule has 0 aromatic heterocycles. The minimum atomic E-state index is -1.06. The van der Waals surface area contributed by atoms with Crippen LogP contribution in [-0.4, -0.2) is 24.0 Å². The van der Waals surface area contributed by atoms with Crippen molar-refractivity contribution in [2.45, 2.75) is 13.3 Å². The molecule has 1 saturated heterocycles. The number of benzene rings is 2. The Morgan fingerprint density at radius 3 is 2.70 bits per heavy atom. The third kappa shape index (κ3) is 3.64. The van der Waals surface area contributed by atoms with Gasteiger partial charge in [-0.1, -0.05) is 48.6 Å². The summed E-state index contributed by atoms with van der Waals surface area (Å²) < 4.78 is 18.8. The van der Waals surface area contributed by atoms with Crippen LogP contribution in [0.25, 0.3) is 6.08 Å². The predicted molar refractivity (Wildman–Crippen MR) is 126 cm³/mol. The predicted octanol–water partition coefficient (Wildman–Crippen LogP) is 5.53. The number of allylic oxidation sites excluding steroid dienone is 4. The van der Waals surface area contributed by atoms with Gasteiger partial charge in [-0.25, -0.2) is 9.29 Å². The SMILES string of the molecule is C=CC1=CCC2C(=O)N(c3ccc(F)c(Cl)c3)C(=O)C2(C)C1C=Cc1ccc(O)c(OC)c1. The van der Waals surface area contributed by atoms with E-state index in [1.165, 1.54) is 25.3 Å². The van der Waals surface area contributed by atoms with Crippen molar-refractivity contribution in [3.05, 3.63) is 83.2 Å². The van der Waals surface area contributed by atoms with Crippen molar-refractivity contribution in [3.8, 4) is 11.5 Å². The Morgan fingerprint density at radius 1 is 1.27 bits per heavy atom. The van der Waals surface area contributed by atoms with Gasteiger partial charge in [0.05, 0.1) is 29.2 Å². The number of halogens is 2. The maximum atomic E-state index is 13.7. The highest BCUT2D eigenvalue weighted by atomic mass is 35.5. The summed E-state index contributed by atoms with van der Waals surface area (Å²) in [5.74, 6) is -1.98. The molecule has 2 aromatic carbocycles. The van der Waals surface area contributed by atoms with E-state index < -0.39 is 23.1 Å². The first kappa shape index (κ1) is 22.8. The molecule has 4 rings (SSSR count). The number of phenols is 1. The second-order valence-electron chi connectivity index (χ2n) is 8.32. The summed E-state index contributed by atoms with van der Waals surface area (Å²) >= 11 is 5.92. The van der Waals surface area contributed by atoms with Crippen LogP contribution < -0.4 is 9.64 Å². The lowest BCUT2D eigenvalue weighted by Crippen LogP contribution is -2.42. The minimum absolute atomic E-state index is 0.0242. The molecule has 3 atom stereocenters. The Morgan fingerprint density at radius 2 is 2.03 bits per heavy atom. The number of fused-ring (bicyclic) bond motifs is 1. The standard InChI is InChI=1S/C26H23ClFNO4/c1-4-16-7-10-19-24(31)29(17-8-11-21(28)20(27)14-17)25(32)26(19,2)18(16)9-5-15-6-12-22(30)23(13-15)33-3/h4-9,11-14,18-19,30H,1,10H2,2-3H3. The molecule has 1 aliphatic heterocycles. The van der Waals surface area contributed by atoms with Crippen LogP contribution in [0.4, 0.5) is 10.1 Å². The number of carbonyl (C=O) groups excluding carboxylic acids is 2. The summed E-state index contributed by atoms with van der Waals surface area (Å²) in [6.07, 6.45) is 7.72. The summed E-state index contributed by atoms with van der Waals surface area (Å²) in [6.45, 7) is 5.68. The molecular weight excluding hydrogens is 445 g/mol. The van der Waals surface area contributed by atoms with Gasteiger partial charge in [-0.2, -0.15) is 0 Å². The van der Waals surface area contributed by atoms with Gasteiger partial charge in [-0.15, -0.1) is 0 Å². The zero-order valence-corrected chi connectivity index (χ0v) is 19.0. The fourth-order valence-corrected chi connectivity index (χ4v) is 4.89. The number of hydrogen-bond donors (Lipinski definition) is 1. The van der Waals surface area contributed by atoms with E-state index in [1.54, 1.807) is 25.1 Å². The number of phenolic OH excluding ortho intramolecular Hbond substituents is 1. The second-order valence-corrected chi connectivity index (χ2v) is 8.73. The monoisotopic (exact) mass is 467 g/mol. The molecule has 1 aliphatic carbocycles. The van der Waals surface area contributed by atoms with Crippen LogP contribution in [0.3, 0.4) is 0 Å². The van der Waals surface area contributed by atoms with Gasteiger partial charge in [-0.05, 0) is 54.8 Å². The van der Waals surface area contributed by atoms with Gasteiger partial charge in [0.2, 0.25) is 11.8 Å². The molecule has 3 unspecified atom stereocenters. The second kappa shape index (κ2) is 8.52. The summed E-state index contributed by atoms with van der Waals surface area (Å²) in [5.41, 5.74) is 0.792. The van der Waals surface area contributed by atoms with E-state index in [2.05, 4.69) is 6.58 Å². The molecule has 1 heterocycles. The molecular formula is C26H23ClFNO4. The zero-order chi connectivity index (χ0) is 23.9. The fraction of sp³-hybridized carbons (Fsp3) is 0.231. The largest absolute Gasteiger partial charge is 0.504 e. The molecule has 0 spiro atoms. The maximum Gasteiger partial charge on any atom is 0.241 e. The Labute approximate surface area is 196 Å². The smallest absolute Gasteiger partial charge is 0.241 e. The Hall–Kier alpha value is -3.38. The molecule has 0 bridgehead atoms. The van der Waals surface area contributed by atoms with Crippen molar-refractivity contribution in [2.75, 3.05) is 12.0 Å². The number of aromatic hydroxyl groups is 1. The number of rotatable bonds is 5. The van der Waals surface area contributed by atoms with Crippen molar-refractivity contribution >= 4 is 35.2 Å². The van der Waals surface area contributed by atoms with E-state index in [4.69, 9.17) is 16.3 Å². The molecule has 0 saturated carbocycles. The molecule has 1 fully saturated rings. The van der Waals surface area contributed by atoms with Crippen molar-refractivity contribution in [1.29, 1.82) is 0 Å².